The molecule has 6 N–H and O–H groups in total. The Kier molecular flexibility index (Phi) is 72.2. The average molecular weight is 212 g/mol. The molecule has 0 radical (unpaired) electrons. The number of rotatable bonds is 0. The van der Waals surface area contributed by atoms with Crippen LogP contribution in [0, 0.1) is 0 Å². The molecule has 0 amide bonds. The molecule has 10 heavy (non-hydrogen) atoms. The summed E-state index contributed by atoms with van der Waals surface area (Å²) in [5, 5.41) is 0. The zero-order valence-electron chi connectivity index (χ0n) is 4.93. The van der Waals surface area contributed by atoms with E-state index in [0.717, 1.165) is 0 Å². The maximum absolute atomic E-state index is 8.55. The van der Waals surface area contributed by atoms with Crippen molar-refractivity contribution in [2.24, 2.45) is 0 Å². The fourth-order valence-corrected chi connectivity index (χ4v) is 0. The second kappa shape index (κ2) is 16.6. The second-order valence-electron chi connectivity index (χ2n) is 0.447. The molecule has 10 heteroatoms. The van der Waals surface area contributed by atoms with Crippen molar-refractivity contribution in [3.05, 3.63) is 0 Å². The maximum atomic E-state index is 8.55. The molecule has 0 fully saturated rings. The van der Waals surface area contributed by atoms with Crippen molar-refractivity contribution < 1.29 is 71.6 Å². The molecule has 0 spiro atoms. The summed E-state index contributed by atoms with van der Waals surface area (Å²) in [4.78, 5) is 25.6. The van der Waals surface area contributed by atoms with Crippen LogP contribution in [0.5, 0.6) is 0 Å². The number of phosphoric acid groups is 1. The third-order valence-electron chi connectivity index (χ3n) is 0. The largest absolute Gasteiger partial charge is 2.00 e. The van der Waals surface area contributed by atoms with Gasteiger partial charge >= 0.3 is 35.9 Å². The van der Waals surface area contributed by atoms with E-state index >= 15 is 0 Å². The molecular formula is H6FeLiO7P. The SMILES string of the molecule is O.O.O.O=P([O-])([O-])[O-].[Fe+2].[Li+]. The van der Waals surface area contributed by atoms with Crippen molar-refractivity contribution >= 4 is 7.82 Å². The van der Waals surface area contributed by atoms with E-state index in [2.05, 4.69) is 0 Å². The summed E-state index contributed by atoms with van der Waals surface area (Å²) in [6, 6.07) is 0. The van der Waals surface area contributed by atoms with Gasteiger partial charge in [-0.25, -0.2) is 0 Å². The predicted molar refractivity (Wildman–Crippen MR) is 18.4 cm³/mol. The number of hydrogen-bond acceptors (Lipinski definition) is 4. The predicted octanol–water partition coefficient (Wildman–Crippen LogP) is -8.30. The molecule has 0 aromatic heterocycles. The van der Waals surface area contributed by atoms with Crippen molar-refractivity contribution in [2.75, 3.05) is 0 Å². The minimum Gasteiger partial charge on any atom is -0.822 e. The Balaban J connectivity index is -0.00000000800. The smallest absolute Gasteiger partial charge is 0.822 e. The van der Waals surface area contributed by atoms with Gasteiger partial charge in [-0.05, 0) is 0 Å². The minimum absolute atomic E-state index is 0. The van der Waals surface area contributed by atoms with Gasteiger partial charge in [-0.1, -0.05) is 0 Å². The first-order valence-electron chi connectivity index (χ1n) is 0.730. The van der Waals surface area contributed by atoms with Crippen LogP contribution < -0.4 is 33.5 Å². The van der Waals surface area contributed by atoms with Crippen molar-refractivity contribution in [1.82, 2.24) is 0 Å². The molecule has 0 saturated carbocycles. The summed E-state index contributed by atoms with van der Waals surface area (Å²) in [7, 11) is -5.39. The van der Waals surface area contributed by atoms with Crippen molar-refractivity contribution in [3.63, 3.8) is 0 Å². The fraction of sp³-hybridized carbons (Fsp3) is 0. The summed E-state index contributed by atoms with van der Waals surface area (Å²) in [5.74, 6) is 0. The standard InChI is InChI=1S/Fe.Li.H3O4P.3H2O/c;;1-5(2,3)4;;;/h;;(H3,1,2,3,4);3*1H2/q+2;+1;;;;/p-3. The Morgan fingerprint density at radius 3 is 0.900 bits per heavy atom. The van der Waals surface area contributed by atoms with Gasteiger partial charge < -0.3 is 35.7 Å². The summed E-state index contributed by atoms with van der Waals surface area (Å²) in [6.07, 6.45) is 0. The van der Waals surface area contributed by atoms with Gasteiger partial charge in [0.15, 0.2) is 0 Å². The van der Waals surface area contributed by atoms with E-state index in [0.29, 0.717) is 0 Å². The van der Waals surface area contributed by atoms with Crippen LogP contribution in [-0.4, -0.2) is 16.4 Å². The van der Waals surface area contributed by atoms with Crippen molar-refractivity contribution in [2.45, 2.75) is 0 Å². The quantitative estimate of drug-likeness (QED) is 0.285. The Morgan fingerprint density at radius 2 is 0.900 bits per heavy atom. The van der Waals surface area contributed by atoms with Gasteiger partial charge in [-0.2, -0.15) is 7.82 Å². The van der Waals surface area contributed by atoms with Crippen LogP contribution in [0.15, 0.2) is 0 Å². The molecule has 0 saturated heterocycles. The van der Waals surface area contributed by atoms with Crippen molar-refractivity contribution in [1.29, 1.82) is 0 Å². The molecule has 62 valence electrons. The Bertz CT molecular complexity index is 59.7. The second-order valence-corrected chi connectivity index (χ2v) is 1.34. The molecule has 0 heterocycles. The average Bonchev–Trinajstić information content (AvgIpc) is 0.722. The molecule has 0 rings (SSSR count). The van der Waals surface area contributed by atoms with E-state index in [4.69, 9.17) is 19.2 Å². The number of hydrogen-bond donors (Lipinski definition) is 0. The first kappa shape index (κ1) is 43.5. The van der Waals surface area contributed by atoms with Gasteiger partial charge in [0.25, 0.3) is 0 Å². The molecule has 0 aliphatic rings. The van der Waals surface area contributed by atoms with Gasteiger partial charge in [0.1, 0.15) is 0 Å². The van der Waals surface area contributed by atoms with Crippen LogP contribution in [0.3, 0.4) is 0 Å². The van der Waals surface area contributed by atoms with E-state index < -0.39 is 7.82 Å². The third kappa shape index (κ3) is 489. The normalized spacial score (nSPS) is 5.90. The van der Waals surface area contributed by atoms with Gasteiger partial charge in [0.2, 0.25) is 0 Å². The molecule has 0 aromatic rings. The van der Waals surface area contributed by atoms with Crippen LogP contribution >= 0.6 is 7.82 Å². The molecule has 7 nitrogen and oxygen atoms in total. The molecule has 0 aliphatic heterocycles. The molecule has 0 unspecified atom stereocenters. The topological polar surface area (TPSA) is 181 Å². The molecule has 0 bridgehead atoms. The Labute approximate surface area is 79.6 Å². The van der Waals surface area contributed by atoms with Crippen LogP contribution in [0.1, 0.15) is 0 Å². The monoisotopic (exact) mass is 212 g/mol. The third-order valence-corrected chi connectivity index (χ3v) is 0. The molecule has 0 atom stereocenters. The van der Waals surface area contributed by atoms with E-state index in [1.807, 2.05) is 0 Å². The summed E-state index contributed by atoms with van der Waals surface area (Å²) >= 11 is 0. The minimum atomic E-state index is -5.39. The van der Waals surface area contributed by atoms with Gasteiger partial charge in [0, 0.05) is 0 Å². The molecule has 0 aromatic carbocycles. The van der Waals surface area contributed by atoms with Gasteiger partial charge in [-0.3, -0.25) is 0 Å². The first-order chi connectivity index (χ1) is 2.00. The van der Waals surface area contributed by atoms with Crippen LogP contribution in [-0.2, 0) is 21.6 Å². The summed E-state index contributed by atoms with van der Waals surface area (Å²) in [5.41, 5.74) is 0. The Morgan fingerprint density at radius 1 is 0.900 bits per heavy atom. The Hall–Kier alpha value is 1.11. The van der Waals surface area contributed by atoms with E-state index in [1.165, 1.54) is 0 Å². The summed E-state index contributed by atoms with van der Waals surface area (Å²) in [6.45, 7) is 0. The van der Waals surface area contributed by atoms with Crippen LogP contribution in [0.25, 0.3) is 0 Å². The molecular weight excluding hydrogens is 206 g/mol. The van der Waals surface area contributed by atoms with E-state index in [-0.39, 0.29) is 52.4 Å². The fourth-order valence-electron chi connectivity index (χ4n) is 0. The van der Waals surface area contributed by atoms with E-state index in [1.54, 1.807) is 0 Å². The zero-order valence-corrected chi connectivity index (χ0v) is 6.93. The van der Waals surface area contributed by atoms with Crippen molar-refractivity contribution in [3.8, 4) is 0 Å². The maximum Gasteiger partial charge on any atom is 2.00 e. The van der Waals surface area contributed by atoms with Gasteiger partial charge in [0.05, 0.1) is 0 Å². The zero-order chi connectivity index (χ0) is 4.50. The van der Waals surface area contributed by atoms with Gasteiger partial charge in [-0.15, -0.1) is 0 Å². The molecule has 0 aliphatic carbocycles. The summed E-state index contributed by atoms with van der Waals surface area (Å²) < 4.78 is 8.55. The first-order valence-corrected chi connectivity index (χ1v) is 2.19. The van der Waals surface area contributed by atoms with Crippen LogP contribution in [0.4, 0.5) is 0 Å². The van der Waals surface area contributed by atoms with E-state index in [9.17, 15) is 0 Å². The van der Waals surface area contributed by atoms with Crippen LogP contribution in [0.2, 0.25) is 0 Å².